The fourth-order valence-electron chi connectivity index (χ4n) is 3.16. The van der Waals surface area contributed by atoms with E-state index in [0.717, 1.165) is 0 Å². The molecule has 2 N–H and O–H groups in total. The molecule has 2 amide bonds. The summed E-state index contributed by atoms with van der Waals surface area (Å²) in [5.74, 6) is -0.702. The first-order valence-corrected chi connectivity index (χ1v) is 9.33. The van der Waals surface area contributed by atoms with Crippen molar-refractivity contribution in [1.82, 2.24) is 5.32 Å². The van der Waals surface area contributed by atoms with Gasteiger partial charge in [0.2, 0.25) is 5.91 Å². The third kappa shape index (κ3) is 4.16. The predicted octanol–water partition coefficient (Wildman–Crippen LogP) is 4.15. The van der Waals surface area contributed by atoms with Crippen molar-refractivity contribution in [2.45, 2.75) is 24.2 Å². The average molecular weight is 462 g/mol. The Labute approximate surface area is 167 Å². The Bertz CT molecular complexity index is 847. The van der Waals surface area contributed by atoms with Gasteiger partial charge in [0.1, 0.15) is 5.75 Å². The van der Waals surface area contributed by atoms with Gasteiger partial charge in [0.25, 0.3) is 5.91 Å². The van der Waals surface area contributed by atoms with Crippen LogP contribution in [0.25, 0.3) is 0 Å². The highest BCUT2D eigenvalue weighted by Gasteiger charge is 2.49. The Morgan fingerprint density at radius 2 is 1.96 bits per heavy atom. The summed E-state index contributed by atoms with van der Waals surface area (Å²) in [6.45, 7) is 3.71. The van der Waals surface area contributed by atoms with E-state index in [4.69, 9.17) is 11.6 Å². The van der Waals surface area contributed by atoms with Crippen LogP contribution in [-0.4, -0.2) is 22.2 Å². The molecule has 5 nitrogen and oxygen atoms in total. The summed E-state index contributed by atoms with van der Waals surface area (Å²) in [7, 11) is 0. The first kappa shape index (κ1) is 19.8. The van der Waals surface area contributed by atoms with E-state index in [9.17, 15) is 18.4 Å². The van der Waals surface area contributed by atoms with Crippen LogP contribution in [0.4, 0.5) is 14.5 Å². The lowest BCUT2D eigenvalue weighted by Gasteiger charge is -2.29. The number of nitrogens with one attached hydrogen (secondary N) is 2. The van der Waals surface area contributed by atoms with Gasteiger partial charge in [-0.25, -0.2) is 0 Å². The largest absolute Gasteiger partial charge is 0.487 e. The average Bonchev–Trinajstić information content (AvgIpc) is 2.77. The van der Waals surface area contributed by atoms with E-state index in [1.807, 2.05) is 13.8 Å². The Morgan fingerprint density at radius 1 is 1.33 bits per heavy atom. The number of hydrogen-bond donors (Lipinski definition) is 2. The Kier molecular flexibility index (Phi) is 5.07. The zero-order valence-electron chi connectivity index (χ0n) is 14.4. The van der Waals surface area contributed by atoms with Gasteiger partial charge in [-0.3, -0.25) is 9.59 Å². The van der Waals surface area contributed by atoms with Gasteiger partial charge < -0.3 is 15.4 Å². The first-order chi connectivity index (χ1) is 12.5. The van der Waals surface area contributed by atoms with Crippen LogP contribution in [0.5, 0.6) is 5.75 Å². The molecule has 144 valence electrons. The number of fused-ring (bicyclic) bond motifs is 1. The third-order valence-electron chi connectivity index (χ3n) is 4.53. The van der Waals surface area contributed by atoms with Crippen molar-refractivity contribution in [3.05, 3.63) is 47.7 Å². The quantitative estimate of drug-likeness (QED) is 0.662. The number of anilines is 1. The molecule has 2 aliphatic rings. The molecule has 1 aromatic carbocycles. The fraction of sp³-hybridized carbons (Fsp3) is 0.333. The molecule has 27 heavy (non-hydrogen) atoms. The number of carbonyl (C=O) groups is 2. The predicted molar refractivity (Wildman–Crippen MR) is 101 cm³/mol. The van der Waals surface area contributed by atoms with E-state index in [0.29, 0.717) is 17.0 Å². The summed E-state index contributed by atoms with van der Waals surface area (Å²) in [4.78, 5) is 24.5. The fourth-order valence-corrected chi connectivity index (χ4v) is 4.48. The summed E-state index contributed by atoms with van der Waals surface area (Å²) in [6.07, 6.45) is 3.40. The number of benzene rings is 1. The Hall–Kier alpha value is -1.93. The van der Waals surface area contributed by atoms with E-state index >= 15 is 0 Å². The van der Waals surface area contributed by atoms with Crippen LogP contribution in [0.3, 0.4) is 0 Å². The molecule has 2 atom stereocenters. The monoisotopic (exact) mass is 460 g/mol. The second-order valence-corrected chi connectivity index (χ2v) is 8.34. The van der Waals surface area contributed by atoms with Gasteiger partial charge in [0, 0.05) is 39.3 Å². The number of hydrogen-bond acceptors (Lipinski definition) is 3. The molecule has 1 saturated heterocycles. The lowest BCUT2D eigenvalue weighted by Crippen LogP contribution is -2.33. The molecule has 3 rings (SSSR count). The molecule has 0 spiro atoms. The van der Waals surface area contributed by atoms with E-state index < -0.39 is 11.0 Å². The Balaban J connectivity index is 1.72. The standard InChI is InChI=1S/C18H16BrClF2N2O3/c1-17(2)14-12(19)7-9(8-13(14)24-16(17)26)15(25)23-10-3-5-11(6-4-10)27-18(20,21)22/h3-8,12,14H,1-2H3,(H,23,25)(H,24,26). The molecule has 1 aromatic rings. The van der Waals surface area contributed by atoms with Crippen LogP contribution in [0.1, 0.15) is 13.8 Å². The van der Waals surface area contributed by atoms with Gasteiger partial charge in [-0.15, -0.1) is 8.78 Å². The van der Waals surface area contributed by atoms with Gasteiger partial charge in [-0.1, -0.05) is 35.9 Å². The second kappa shape index (κ2) is 6.91. The van der Waals surface area contributed by atoms with Crippen LogP contribution in [-0.2, 0) is 9.59 Å². The summed E-state index contributed by atoms with van der Waals surface area (Å²) >= 11 is 8.25. The topological polar surface area (TPSA) is 67.4 Å². The van der Waals surface area contributed by atoms with Crippen molar-refractivity contribution in [3.63, 3.8) is 0 Å². The molecule has 1 aliphatic carbocycles. The van der Waals surface area contributed by atoms with Crippen molar-refractivity contribution in [2.24, 2.45) is 11.3 Å². The van der Waals surface area contributed by atoms with Crippen molar-refractivity contribution < 1.29 is 23.1 Å². The van der Waals surface area contributed by atoms with Gasteiger partial charge in [0.15, 0.2) is 0 Å². The number of rotatable bonds is 4. The van der Waals surface area contributed by atoms with Gasteiger partial charge in [-0.05, 0) is 30.3 Å². The normalized spacial score (nSPS) is 23.7. The van der Waals surface area contributed by atoms with Crippen LogP contribution in [0.15, 0.2) is 47.7 Å². The van der Waals surface area contributed by atoms with Crippen molar-refractivity contribution in [2.75, 3.05) is 5.32 Å². The van der Waals surface area contributed by atoms with Gasteiger partial charge >= 0.3 is 5.57 Å². The van der Waals surface area contributed by atoms with Crippen molar-refractivity contribution in [1.29, 1.82) is 0 Å². The maximum atomic E-state index is 12.6. The molecule has 0 aromatic heterocycles. The van der Waals surface area contributed by atoms with E-state index in [-0.39, 0.29) is 28.3 Å². The number of allylic oxidation sites excluding steroid dienone is 2. The van der Waals surface area contributed by atoms with Crippen molar-refractivity contribution in [3.8, 4) is 5.75 Å². The number of amides is 2. The second-order valence-electron chi connectivity index (χ2n) is 6.85. The highest BCUT2D eigenvalue weighted by molar-refractivity contribution is 9.09. The van der Waals surface area contributed by atoms with Crippen LogP contribution in [0.2, 0.25) is 0 Å². The third-order valence-corrected chi connectivity index (χ3v) is 5.40. The zero-order chi connectivity index (χ0) is 20.0. The molecule has 0 bridgehead atoms. The number of alkyl halides is 4. The van der Waals surface area contributed by atoms with E-state index in [1.54, 1.807) is 12.2 Å². The minimum absolute atomic E-state index is 0.0878. The maximum absolute atomic E-state index is 12.6. The van der Waals surface area contributed by atoms with E-state index in [2.05, 4.69) is 31.3 Å². The lowest BCUT2D eigenvalue weighted by molar-refractivity contribution is -0.127. The van der Waals surface area contributed by atoms with E-state index in [1.165, 1.54) is 24.3 Å². The number of ether oxygens (including phenoxy) is 1. The molecule has 2 unspecified atom stereocenters. The number of carbonyl (C=O) groups excluding carboxylic acids is 2. The molecule has 0 radical (unpaired) electrons. The smallest absolute Gasteiger partial charge is 0.420 e. The number of halogens is 4. The molecule has 0 saturated carbocycles. The molecular weight excluding hydrogens is 446 g/mol. The van der Waals surface area contributed by atoms with Crippen LogP contribution >= 0.6 is 27.5 Å². The first-order valence-electron chi connectivity index (χ1n) is 8.03. The Morgan fingerprint density at radius 3 is 2.56 bits per heavy atom. The minimum atomic E-state index is -3.80. The van der Waals surface area contributed by atoms with Crippen LogP contribution in [0, 0.1) is 11.3 Å². The molecule has 1 aliphatic heterocycles. The summed E-state index contributed by atoms with van der Waals surface area (Å²) < 4.78 is 29.4. The van der Waals surface area contributed by atoms with Crippen LogP contribution < -0.4 is 15.4 Å². The molecule has 1 fully saturated rings. The summed E-state index contributed by atoms with van der Waals surface area (Å²) in [6, 6.07) is 5.37. The molecule has 9 heteroatoms. The lowest BCUT2D eigenvalue weighted by atomic mass is 9.76. The maximum Gasteiger partial charge on any atom is 0.487 e. The van der Waals surface area contributed by atoms with Crippen molar-refractivity contribution >= 4 is 45.0 Å². The highest BCUT2D eigenvalue weighted by Crippen LogP contribution is 2.45. The summed E-state index contributed by atoms with van der Waals surface area (Å²) in [5, 5.41) is 5.50. The molecule has 1 heterocycles. The zero-order valence-corrected chi connectivity index (χ0v) is 16.7. The highest BCUT2D eigenvalue weighted by atomic mass is 79.9. The van der Waals surface area contributed by atoms with Gasteiger partial charge in [0.05, 0.1) is 5.41 Å². The van der Waals surface area contributed by atoms with Gasteiger partial charge in [-0.2, -0.15) is 0 Å². The molecular formula is C18H16BrClF2N2O3. The summed E-state index contributed by atoms with van der Waals surface area (Å²) in [5.41, 5.74) is -2.92. The minimum Gasteiger partial charge on any atom is -0.420 e. The SMILES string of the molecule is CC1(C)C(=O)NC2=CC(C(=O)Nc3ccc(OC(F)(F)Cl)cc3)=CC(Br)C21.